The number of nitrogens with one attached hydrogen (secondary N) is 1. The quantitative estimate of drug-likeness (QED) is 0.195. The second-order valence-corrected chi connectivity index (χ2v) is 10.6. The lowest BCUT2D eigenvalue weighted by Gasteiger charge is -2.20. The van der Waals surface area contributed by atoms with Crippen LogP contribution in [0.15, 0.2) is 88.5 Å². The molecule has 0 spiro atoms. The molecule has 0 saturated heterocycles. The molecule has 10 heteroatoms. The number of carbonyl (C=O) groups excluding carboxylic acids is 1. The van der Waals surface area contributed by atoms with Gasteiger partial charge in [-0.15, -0.1) is 0 Å². The van der Waals surface area contributed by atoms with Crippen molar-refractivity contribution >= 4 is 39.8 Å². The van der Waals surface area contributed by atoms with Crippen molar-refractivity contribution < 1.29 is 23.7 Å². The van der Waals surface area contributed by atoms with Crippen LogP contribution in [0.25, 0.3) is 6.08 Å². The summed E-state index contributed by atoms with van der Waals surface area (Å²) in [6.45, 7) is 5.29. The highest BCUT2D eigenvalue weighted by molar-refractivity contribution is 8.27. The Labute approximate surface area is 249 Å². The predicted octanol–water partition coefficient (Wildman–Crippen LogP) is 6.36. The first kappa shape index (κ1) is 28.9. The molecule has 42 heavy (non-hydrogen) atoms. The third-order valence-corrected chi connectivity index (χ3v) is 7.65. The Morgan fingerprint density at radius 2 is 1.69 bits per heavy atom. The number of methoxy groups -OCH3 is 1. The number of thioether (sulfide) groups is 1. The first-order valence-corrected chi connectivity index (χ1v) is 14.5. The lowest BCUT2D eigenvalue weighted by Crippen LogP contribution is -2.35. The van der Waals surface area contributed by atoms with Crippen molar-refractivity contribution in [1.82, 2.24) is 5.01 Å². The fourth-order valence-corrected chi connectivity index (χ4v) is 5.05. The van der Waals surface area contributed by atoms with Gasteiger partial charge in [-0.2, -0.15) is 15.1 Å². The largest absolute Gasteiger partial charge is 0.493 e. The van der Waals surface area contributed by atoms with Gasteiger partial charge in [0.05, 0.1) is 12.7 Å². The van der Waals surface area contributed by atoms with Gasteiger partial charge in [0.15, 0.2) is 17.3 Å². The number of amides is 1. The number of ether oxygens (including phenoxy) is 4. The SMILES string of the molecule is CC[C@H](C)c1ccc(OCCOc2ccc(/C=C3\C(=N)N4N=C(COc5ccccc5)SC4=NC3=O)cc2OC)cc1. The Balaban J connectivity index is 1.19. The normalized spacial score (nSPS) is 16.1. The lowest BCUT2D eigenvalue weighted by molar-refractivity contribution is -0.114. The van der Waals surface area contributed by atoms with Gasteiger partial charge in [-0.05, 0) is 77.7 Å². The van der Waals surface area contributed by atoms with E-state index in [0.717, 1.165) is 12.2 Å². The molecule has 5 rings (SSSR count). The van der Waals surface area contributed by atoms with Crippen LogP contribution >= 0.6 is 11.8 Å². The number of hydrazone groups is 1. The van der Waals surface area contributed by atoms with Gasteiger partial charge in [-0.3, -0.25) is 10.2 Å². The summed E-state index contributed by atoms with van der Waals surface area (Å²) < 4.78 is 23.0. The molecule has 0 radical (unpaired) electrons. The minimum Gasteiger partial charge on any atom is -0.493 e. The molecule has 2 heterocycles. The van der Waals surface area contributed by atoms with E-state index < -0.39 is 5.91 Å². The molecule has 0 aromatic heterocycles. The van der Waals surface area contributed by atoms with Crippen molar-refractivity contribution in [2.24, 2.45) is 10.1 Å². The second-order valence-electron chi connectivity index (χ2n) is 9.60. The van der Waals surface area contributed by atoms with Gasteiger partial charge in [0.2, 0.25) is 5.17 Å². The zero-order valence-corrected chi connectivity index (χ0v) is 24.5. The Kier molecular flexibility index (Phi) is 9.23. The molecule has 1 amide bonds. The number of benzene rings is 3. The van der Waals surface area contributed by atoms with Crippen molar-refractivity contribution in [3.8, 4) is 23.0 Å². The molecule has 0 unspecified atom stereocenters. The number of amidine groups is 2. The summed E-state index contributed by atoms with van der Waals surface area (Å²) in [4.78, 5) is 17.0. The van der Waals surface area contributed by atoms with Crippen molar-refractivity contribution in [1.29, 1.82) is 5.41 Å². The van der Waals surface area contributed by atoms with E-state index in [2.05, 4.69) is 36.1 Å². The van der Waals surface area contributed by atoms with Gasteiger partial charge in [0.1, 0.15) is 36.4 Å². The van der Waals surface area contributed by atoms with E-state index in [1.54, 1.807) is 31.4 Å². The van der Waals surface area contributed by atoms with Gasteiger partial charge >= 0.3 is 0 Å². The number of nitrogens with zero attached hydrogens (tertiary/aromatic N) is 3. The monoisotopic (exact) mass is 584 g/mol. The fourth-order valence-electron chi connectivity index (χ4n) is 4.25. The molecule has 1 atom stereocenters. The average Bonchev–Trinajstić information content (AvgIpc) is 3.44. The molecule has 9 nitrogen and oxygen atoms in total. The fraction of sp³-hybridized carbons (Fsp3) is 0.250. The highest BCUT2D eigenvalue weighted by atomic mass is 32.2. The average molecular weight is 585 g/mol. The second kappa shape index (κ2) is 13.4. The van der Waals surface area contributed by atoms with Crippen LogP contribution in [0, 0.1) is 5.41 Å². The topological polar surface area (TPSA) is 106 Å². The smallest absolute Gasteiger partial charge is 0.283 e. The number of fused-ring (bicyclic) bond motifs is 1. The van der Waals surface area contributed by atoms with Gasteiger partial charge in [-0.25, -0.2) is 0 Å². The number of hydrogen-bond donors (Lipinski definition) is 1. The van der Waals surface area contributed by atoms with Gasteiger partial charge < -0.3 is 18.9 Å². The van der Waals surface area contributed by atoms with E-state index in [1.165, 1.54) is 22.3 Å². The number of carbonyl (C=O) groups is 1. The Bertz CT molecular complexity index is 1540. The van der Waals surface area contributed by atoms with Crippen LogP contribution < -0.4 is 18.9 Å². The molecule has 0 bridgehead atoms. The van der Waals surface area contributed by atoms with Crippen LogP contribution in [-0.4, -0.2) is 53.9 Å². The molecular weight excluding hydrogens is 552 g/mol. The third kappa shape index (κ3) is 6.83. The van der Waals surface area contributed by atoms with Gasteiger partial charge in [0.25, 0.3) is 5.91 Å². The summed E-state index contributed by atoms with van der Waals surface area (Å²) in [5.74, 6) is 2.50. The molecule has 0 saturated carbocycles. The Morgan fingerprint density at radius 1 is 0.952 bits per heavy atom. The van der Waals surface area contributed by atoms with Crippen LogP contribution in [0.1, 0.15) is 37.3 Å². The number of hydrogen-bond acceptors (Lipinski definition) is 8. The Hall–Kier alpha value is -4.57. The highest BCUT2D eigenvalue weighted by Crippen LogP contribution is 2.32. The molecule has 3 aromatic carbocycles. The summed E-state index contributed by atoms with van der Waals surface area (Å²) in [5.41, 5.74) is 2.08. The van der Waals surface area contributed by atoms with Crippen LogP contribution in [0.3, 0.4) is 0 Å². The third-order valence-electron chi connectivity index (χ3n) is 6.77. The summed E-state index contributed by atoms with van der Waals surface area (Å²) in [7, 11) is 1.55. The van der Waals surface area contributed by atoms with E-state index in [-0.39, 0.29) is 18.0 Å². The molecular formula is C32H32N4O5S. The van der Waals surface area contributed by atoms with Crippen LogP contribution in [0.4, 0.5) is 0 Å². The highest BCUT2D eigenvalue weighted by Gasteiger charge is 2.35. The standard InChI is InChI=1S/C32H32N4O5S/c1-4-21(2)23-11-13-25(14-12-23)39-16-17-40-27-15-10-22(19-28(27)38-3)18-26-30(33)36-32(34-31(26)37)42-29(35-36)20-41-24-8-6-5-7-9-24/h5-15,18-19,21,33H,4,16-17,20H2,1-3H3/b26-18+,33-30?/t21-/m0/s1. The maximum atomic E-state index is 12.8. The van der Waals surface area contributed by atoms with Crippen molar-refractivity contribution in [2.45, 2.75) is 26.2 Å². The summed E-state index contributed by atoms with van der Waals surface area (Å²) in [6, 6.07) is 22.8. The number of aliphatic imine (C=N–C) groups is 1. The van der Waals surface area contributed by atoms with Crippen molar-refractivity contribution in [3.63, 3.8) is 0 Å². The lowest BCUT2D eigenvalue weighted by atomic mass is 9.99. The molecule has 3 aromatic rings. The van der Waals surface area contributed by atoms with E-state index in [4.69, 9.17) is 24.4 Å². The molecule has 2 aliphatic rings. The van der Waals surface area contributed by atoms with Crippen molar-refractivity contribution in [2.75, 3.05) is 26.9 Å². The predicted molar refractivity (Wildman–Crippen MR) is 166 cm³/mol. The molecule has 216 valence electrons. The Morgan fingerprint density at radius 3 is 2.43 bits per heavy atom. The van der Waals surface area contributed by atoms with E-state index in [1.807, 2.05) is 42.5 Å². The van der Waals surface area contributed by atoms with Gasteiger partial charge in [-0.1, -0.05) is 50.2 Å². The molecule has 1 N–H and O–H groups in total. The summed E-state index contributed by atoms with van der Waals surface area (Å²) in [6.07, 6.45) is 2.69. The first-order valence-electron chi connectivity index (χ1n) is 13.7. The van der Waals surface area contributed by atoms with E-state index in [9.17, 15) is 4.79 Å². The van der Waals surface area contributed by atoms with E-state index >= 15 is 0 Å². The van der Waals surface area contributed by atoms with Gasteiger partial charge in [0, 0.05) is 0 Å². The maximum absolute atomic E-state index is 12.8. The molecule has 2 aliphatic heterocycles. The summed E-state index contributed by atoms with van der Waals surface area (Å²) in [5, 5.41) is 15.4. The van der Waals surface area contributed by atoms with Crippen LogP contribution in [0.2, 0.25) is 0 Å². The zero-order chi connectivity index (χ0) is 29.5. The first-order chi connectivity index (χ1) is 20.4. The number of para-hydroxylation sites is 1. The maximum Gasteiger partial charge on any atom is 0.283 e. The summed E-state index contributed by atoms with van der Waals surface area (Å²) >= 11 is 1.21. The van der Waals surface area contributed by atoms with Crippen LogP contribution in [0.5, 0.6) is 23.0 Å². The minimum atomic E-state index is -0.507. The number of rotatable bonds is 12. The zero-order valence-electron chi connectivity index (χ0n) is 23.7. The molecule has 0 aliphatic carbocycles. The molecule has 0 fully saturated rings. The van der Waals surface area contributed by atoms with Crippen LogP contribution in [-0.2, 0) is 4.79 Å². The van der Waals surface area contributed by atoms with Crippen molar-refractivity contribution in [3.05, 3.63) is 89.5 Å². The van der Waals surface area contributed by atoms with E-state index in [0.29, 0.717) is 52.2 Å². The minimum absolute atomic E-state index is 0.0548.